The van der Waals surface area contributed by atoms with Gasteiger partial charge in [-0.3, -0.25) is 0 Å². The second kappa shape index (κ2) is 10.1. The van der Waals surface area contributed by atoms with Gasteiger partial charge in [0.1, 0.15) is 0 Å². The maximum absolute atomic E-state index is 14.6. The van der Waals surface area contributed by atoms with Gasteiger partial charge < -0.3 is 4.74 Å². The van der Waals surface area contributed by atoms with E-state index >= 15 is 0 Å². The molecule has 0 N–H and O–H groups in total. The molecule has 0 aliphatic rings. The summed E-state index contributed by atoms with van der Waals surface area (Å²) in [5, 5.41) is 0.262. The number of unbranched alkanes of at least 4 members (excludes halogenated alkanes) is 4. The lowest BCUT2D eigenvalue weighted by Crippen LogP contribution is -2.20. The summed E-state index contributed by atoms with van der Waals surface area (Å²) in [4.78, 5) is 0. The monoisotopic (exact) mass is 436 g/mol. The van der Waals surface area contributed by atoms with Crippen LogP contribution < -0.4 is 4.74 Å². The van der Waals surface area contributed by atoms with Crippen molar-refractivity contribution >= 4 is 10.8 Å². The summed E-state index contributed by atoms with van der Waals surface area (Å²) in [5.41, 5.74) is 2.91. The smallest absolute Gasteiger partial charge is 0.422 e. The van der Waals surface area contributed by atoms with Crippen LogP contribution in [0.3, 0.4) is 0 Å². The van der Waals surface area contributed by atoms with Crippen LogP contribution in [0.4, 0.5) is 22.0 Å². The van der Waals surface area contributed by atoms with Crippen LogP contribution in [0.15, 0.2) is 48.5 Å². The predicted molar refractivity (Wildman–Crippen MR) is 113 cm³/mol. The largest absolute Gasteiger partial charge is 0.478 e. The highest BCUT2D eigenvalue weighted by atomic mass is 19.4. The second-order valence-corrected chi connectivity index (χ2v) is 7.70. The minimum Gasteiger partial charge on any atom is -0.478 e. The van der Waals surface area contributed by atoms with E-state index in [2.05, 4.69) is 23.8 Å². The van der Waals surface area contributed by atoms with Gasteiger partial charge in [0, 0.05) is 5.39 Å². The molecular weight excluding hydrogens is 411 g/mol. The Bertz CT molecular complexity index is 1010. The Balaban J connectivity index is 1.76. The minimum absolute atomic E-state index is 0.00558. The van der Waals surface area contributed by atoms with Crippen molar-refractivity contribution in [3.05, 3.63) is 65.7 Å². The van der Waals surface area contributed by atoms with Crippen LogP contribution in [0.25, 0.3) is 21.9 Å². The van der Waals surface area contributed by atoms with Gasteiger partial charge in [0.25, 0.3) is 0 Å². The van der Waals surface area contributed by atoms with E-state index in [9.17, 15) is 22.0 Å². The summed E-state index contributed by atoms with van der Waals surface area (Å²) >= 11 is 0. The number of aryl methyl sites for hydroxylation is 1. The molecule has 0 aliphatic heterocycles. The van der Waals surface area contributed by atoms with Gasteiger partial charge in [-0.05, 0) is 47.1 Å². The highest BCUT2D eigenvalue weighted by Gasteiger charge is 2.30. The number of fused-ring (bicyclic) bond motifs is 1. The third-order valence-corrected chi connectivity index (χ3v) is 5.22. The first-order valence-electron chi connectivity index (χ1n) is 10.5. The maximum atomic E-state index is 14.6. The average Bonchev–Trinajstić information content (AvgIpc) is 2.72. The summed E-state index contributed by atoms with van der Waals surface area (Å²) < 4.78 is 70.1. The van der Waals surface area contributed by atoms with Gasteiger partial charge in [-0.1, -0.05) is 69.0 Å². The van der Waals surface area contributed by atoms with Gasteiger partial charge in [0.05, 0.1) is 0 Å². The molecule has 3 aromatic rings. The molecule has 3 aromatic carbocycles. The molecule has 0 aromatic heterocycles. The second-order valence-electron chi connectivity index (χ2n) is 7.70. The van der Waals surface area contributed by atoms with Crippen LogP contribution in [0.2, 0.25) is 0 Å². The van der Waals surface area contributed by atoms with E-state index < -0.39 is 30.2 Å². The van der Waals surface area contributed by atoms with Crippen LogP contribution in [-0.2, 0) is 6.42 Å². The lowest BCUT2D eigenvalue weighted by molar-refractivity contribution is -0.154. The summed E-state index contributed by atoms with van der Waals surface area (Å²) in [6.45, 7) is 0.435. The predicted octanol–water partition coefficient (Wildman–Crippen LogP) is 8.24. The summed E-state index contributed by atoms with van der Waals surface area (Å²) in [5.74, 6) is -3.31. The lowest BCUT2D eigenvalue weighted by atomic mass is 9.98. The van der Waals surface area contributed by atoms with Crippen molar-refractivity contribution in [1.29, 1.82) is 0 Å². The molecule has 166 valence electrons. The van der Waals surface area contributed by atoms with Crippen LogP contribution in [0.5, 0.6) is 5.75 Å². The number of alkyl halides is 3. The quantitative estimate of drug-likeness (QED) is 0.242. The Morgan fingerprint density at radius 2 is 1.48 bits per heavy atom. The number of hydrogen-bond acceptors (Lipinski definition) is 1. The van der Waals surface area contributed by atoms with Crippen LogP contribution in [0.1, 0.15) is 44.6 Å². The van der Waals surface area contributed by atoms with Crippen molar-refractivity contribution in [3.8, 4) is 16.9 Å². The van der Waals surface area contributed by atoms with E-state index in [1.165, 1.54) is 37.3 Å². The van der Waals surface area contributed by atoms with E-state index in [-0.39, 0.29) is 10.8 Å². The zero-order chi connectivity index (χ0) is 22.4. The molecule has 0 heterocycles. The molecule has 1 nitrogen and oxygen atoms in total. The first kappa shape index (κ1) is 23.0. The maximum Gasteiger partial charge on any atom is 0.422 e. The topological polar surface area (TPSA) is 9.23 Å². The molecule has 0 fully saturated rings. The zero-order valence-electron chi connectivity index (χ0n) is 17.4. The molecular formula is C25H25F5O. The molecule has 0 spiro atoms. The fraction of sp³-hybridized carbons (Fsp3) is 0.360. The zero-order valence-corrected chi connectivity index (χ0v) is 17.4. The Morgan fingerprint density at radius 3 is 2.16 bits per heavy atom. The molecule has 0 amide bonds. The van der Waals surface area contributed by atoms with Crippen molar-refractivity contribution in [2.75, 3.05) is 6.61 Å². The van der Waals surface area contributed by atoms with E-state index in [0.29, 0.717) is 0 Å². The number of benzene rings is 3. The van der Waals surface area contributed by atoms with Crippen molar-refractivity contribution in [2.45, 2.75) is 51.6 Å². The number of rotatable bonds is 9. The van der Waals surface area contributed by atoms with Crippen molar-refractivity contribution < 1.29 is 26.7 Å². The Kier molecular flexibility index (Phi) is 7.52. The van der Waals surface area contributed by atoms with E-state index in [1.54, 1.807) is 12.1 Å². The van der Waals surface area contributed by atoms with Crippen LogP contribution in [0, 0.1) is 11.6 Å². The summed E-state index contributed by atoms with van der Waals surface area (Å²) in [7, 11) is 0. The van der Waals surface area contributed by atoms with Gasteiger partial charge in [-0.2, -0.15) is 13.2 Å². The van der Waals surface area contributed by atoms with E-state index in [0.717, 1.165) is 30.0 Å². The first-order valence-corrected chi connectivity index (χ1v) is 10.5. The van der Waals surface area contributed by atoms with Crippen molar-refractivity contribution in [2.24, 2.45) is 0 Å². The minimum atomic E-state index is -4.68. The highest BCUT2D eigenvalue weighted by Crippen LogP contribution is 2.33. The van der Waals surface area contributed by atoms with Gasteiger partial charge >= 0.3 is 6.18 Å². The van der Waals surface area contributed by atoms with E-state index in [4.69, 9.17) is 0 Å². The molecule has 0 unspecified atom stereocenters. The summed E-state index contributed by atoms with van der Waals surface area (Å²) in [6.07, 6.45) is 2.42. The molecule has 6 heteroatoms. The fourth-order valence-electron chi connectivity index (χ4n) is 3.57. The average molecular weight is 436 g/mol. The van der Waals surface area contributed by atoms with Crippen LogP contribution >= 0.6 is 0 Å². The third kappa shape index (κ3) is 6.18. The number of halogens is 5. The lowest BCUT2D eigenvalue weighted by Gasteiger charge is -2.13. The van der Waals surface area contributed by atoms with Crippen molar-refractivity contribution in [1.82, 2.24) is 0 Å². The van der Waals surface area contributed by atoms with Gasteiger partial charge in [0.2, 0.25) is 0 Å². The molecule has 3 rings (SSSR count). The normalized spacial score (nSPS) is 11.8. The number of ether oxygens (including phenoxy) is 1. The highest BCUT2D eigenvalue weighted by molar-refractivity contribution is 5.89. The Labute approximate surface area is 178 Å². The molecule has 0 radical (unpaired) electrons. The molecule has 0 bridgehead atoms. The Morgan fingerprint density at radius 1 is 0.806 bits per heavy atom. The molecule has 0 saturated carbocycles. The van der Waals surface area contributed by atoms with Gasteiger partial charge in [-0.15, -0.1) is 0 Å². The molecule has 0 saturated heterocycles. The summed E-state index contributed by atoms with van der Waals surface area (Å²) in [6, 6.07) is 13.8. The Hall–Kier alpha value is -2.63. The van der Waals surface area contributed by atoms with E-state index in [1.807, 2.05) is 12.1 Å². The third-order valence-electron chi connectivity index (χ3n) is 5.22. The van der Waals surface area contributed by atoms with Crippen molar-refractivity contribution in [3.63, 3.8) is 0 Å². The SMILES string of the molecule is CCCCCCCc1ccc(-c2ccc3c(F)c(OCC(F)(F)F)c(F)cc3c2)cc1. The molecule has 0 aliphatic carbocycles. The fourth-order valence-corrected chi connectivity index (χ4v) is 3.57. The van der Waals surface area contributed by atoms with Crippen LogP contribution in [-0.4, -0.2) is 12.8 Å². The number of hydrogen-bond donors (Lipinski definition) is 0. The standard InChI is InChI=1S/C25H25F5O/c1-2-3-4-5-6-7-17-8-10-18(11-9-17)19-12-13-21-20(14-19)15-22(26)24(23(21)27)31-16-25(28,29)30/h8-15H,2-7,16H2,1H3. The van der Waals surface area contributed by atoms with Gasteiger partial charge in [-0.25, -0.2) is 8.78 Å². The molecule has 31 heavy (non-hydrogen) atoms. The first-order chi connectivity index (χ1) is 14.8. The van der Waals surface area contributed by atoms with Gasteiger partial charge in [0.15, 0.2) is 24.0 Å². The molecule has 0 atom stereocenters.